The average Bonchev–Trinajstić information content (AvgIpc) is 2.09. The second kappa shape index (κ2) is 6.61. The van der Waals surface area contributed by atoms with E-state index in [9.17, 15) is 0 Å². The zero-order valence-corrected chi connectivity index (χ0v) is 10.3. The third kappa shape index (κ3) is 3.23. The van der Waals surface area contributed by atoms with Gasteiger partial charge >= 0.3 is 0 Å². The van der Waals surface area contributed by atoms with E-state index in [1.54, 1.807) is 0 Å². The molecule has 0 bridgehead atoms. The van der Waals surface area contributed by atoms with Gasteiger partial charge in [0.05, 0.1) is 5.33 Å². The summed E-state index contributed by atoms with van der Waals surface area (Å²) in [7, 11) is 0. The lowest BCUT2D eigenvalue weighted by atomic mass is 10.2. The van der Waals surface area contributed by atoms with E-state index in [-0.39, 0.29) is 17.0 Å². The summed E-state index contributed by atoms with van der Waals surface area (Å²) in [6, 6.07) is 6.75. The molecule has 0 radical (unpaired) electrons. The van der Waals surface area contributed by atoms with E-state index in [0.29, 0.717) is 6.04 Å². The summed E-state index contributed by atoms with van der Waals surface area (Å²) < 4.78 is 2.23. The first-order chi connectivity index (χ1) is 5.38. The van der Waals surface area contributed by atoms with Gasteiger partial charge in [0.15, 0.2) is 18.4 Å². The highest BCUT2D eigenvalue weighted by molar-refractivity contribution is 9.09. The van der Waals surface area contributed by atoms with Crippen LogP contribution in [-0.4, -0.2) is 5.33 Å². The second-order valence-electron chi connectivity index (χ2n) is 2.54. The smallest absolute Gasteiger partial charge is 0.169 e. The quantitative estimate of drug-likeness (QED) is 0.514. The third-order valence-electron chi connectivity index (χ3n) is 1.81. The molecule has 0 spiro atoms. The molecule has 0 aliphatic heterocycles. The van der Waals surface area contributed by atoms with Crippen LogP contribution in [0.3, 0.4) is 0 Å². The lowest BCUT2D eigenvalue weighted by Crippen LogP contribution is -3.00. The molecule has 0 saturated carbocycles. The summed E-state index contributed by atoms with van der Waals surface area (Å²) in [6.07, 6.45) is 5.38. The molecule has 1 nitrogen and oxygen atoms in total. The molecular formula is C9H13Br2N. The van der Waals surface area contributed by atoms with Crippen LogP contribution < -0.4 is 21.5 Å². The Morgan fingerprint density at radius 1 is 1.25 bits per heavy atom. The van der Waals surface area contributed by atoms with Crippen molar-refractivity contribution in [1.82, 2.24) is 0 Å². The van der Waals surface area contributed by atoms with Gasteiger partial charge in [0, 0.05) is 18.6 Å². The first-order valence-corrected chi connectivity index (χ1v) is 5.02. The van der Waals surface area contributed by atoms with Gasteiger partial charge in [0.25, 0.3) is 0 Å². The normalized spacial score (nSPS) is 11.8. The second-order valence-corrected chi connectivity index (χ2v) is 3.19. The SMILES string of the molecule is CCC(CBr)[n+]1ccccc1.[Br-]. The molecule has 1 unspecified atom stereocenters. The van der Waals surface area contributed by atoms with Gasteiger partial charge in [0.1, 0.15) is 0 Å². The summed E-state index contributed by atoms with van der Waals surface area (Å²) in [5.41, 5.74) is 0. The van der Waals surface area contributed by atoms with Crippen LogP contribution in [0.1, 0.15) is 19.4 Å². The molecule has 12 heavy (non-hydrogen) atoms. The Bertz CT molecular complexity index is 197. The fourth-order valence-electron chi connectivity index (χ4n) is 1.06. The maximum absolute atomic E-state index is 3.49. The van der Waals surface area contributed by atoms with Crippen LogP contribution >= 0.6 is 15.9 Å². The number of aromatic nitrogens is 1. The van der Waals surface area contributed by atoms with E-state index in [0.717, 1.165) is 5.33 Å². The van der Waals surface area contributed by atoms with Crippen molar-refractivity contribution >= 4 is 15.9 Å². The number of pyridine rings is 1. The number of hydrogen-bond acceptors (Lipinski definition) is 0. The molecule has 68 valence electrons. The van der Waals surface area contributed by atoms with Crippen LogP contribution in [-0.2, 0) is 0 Å². The Kier molecular flexibility index (Phi) is 6.67. The van der Waals surface area contributed by atoms with Crippen LogP contribution in [0, 0.1) is 0 Å². The fraction of sp³-hybridized carbons (Fsp3) is 0.444. The van der Waals surface area contributed by atoms with E-state index >= 15 is 0 Å². The highest BCUT2D eigenvalue weighted by Gasteiger charge is 2.12. The average molecular weight is 295 g/mol. The summed E-state index contributed by atoms with van der Waals surface area (Å²) in [6.45, 7) is 2.20. The third-order valence-corrected chi connectivity index (χ3v) is 2.56. The van der Waals surface area contributed by atoms with Gasteiger partial charge in [-0.15, -0.1) is 0 Å². The van der Waals surface area contributed by atoms with Gasteiger partial charge in [-0.2, -0.15) is 0 Å². The van der Waals surface area contributed by atoms with Crippen molar-refractivity contribution in [2.75, 3.05) is 5.33 Å². The van der Waals surface area contributed by atoms with E-state index in [2.05, 4.69) is 51.9 Å². The van der Waals surface area contributed by atoms with Crippen molar-refractivity contribution in [2.45, 2.75) is 19.4 Å². The Balaban J connectivity index is 0.00000121. The zero-order chi connectivity index (χ0) is 8.10. The molecule has 0 aliphatic carbocycles. The predicted octanol–water partition coefficient (Wildman–Crippen LogP) is -0.676. The van der Waals surface area contributed by atoms with Crippen LogP contribution in [0.2, 0.25) is 0 Å². The van der Waals surface area contributed by atoms with Crippen molar-refractivity contribution in [3.63, 3.8) is 0 Å². The van der Waals surface area contributed by atoms with E-state index < -0.39 is 0 Å². The minimum atomic E-state index is 0. The molecular weight excluding hydrogens is 282 g/mol. The number of halogens is 2. The maximum Gasteiger partial charge on any atom is 0.169 e. The molecule has 3 heteroatoms. The lowest BCUT2D eigenvalue weighted by molar-refractivity contribution is -0.718. The summed E-state index contributed by atoms with van der Waals surface area (Å²) >= 11 is 3.49. The van der Waals surface area contributed by atoms with Crippen LogP contribution in [0.15, 0.2) is 30.6 Å². The molecule has 1 aromatic heterocycles. The van der Waals surface area contributed by atoms with Crippen LogP contribution in [0.5, 0.6) is 0 Å². The first kappa shape index (κ1) is 12.1. The molecule has 0 saturated heterocycles. The van der Waals surface area contributed by atoms with Crippen molar-refractivity contribution in [3.05, 3.63) is 30.6 Å². The number of nitrogens with zero attached hydrogens (tertiary/aromatic N) is 1. The molecule has 0 aliphatic rings. The van der Waals surface area contributed by atoms with Crippen molar-refractivity contribution in [2.24, 2.45) is 0 Å². The highest BCUT2D eigenvalue weighted by atomic mass is 79.9. The molecule has 0 fully saturated rings. The molecule has 1 aromatic rings. The molecule has 1 heterocycles. The summed E-state index contributed by atoms with van der Waals surface area (Å²) in [5.74, 6) is 0. The van der Waals surface area contributed by atoms with Gasteiger partial charge in [0.2, 0.25) is 0 Å². The van der Waals surface area contributed by atoms with Crippen molar-refractivity contribution in [3.8, 4) is 0 Å². The highest BCUT2D eigenvalue weighted by Crippen LogP contribution is 2.04. The summed E-state index contributed by atoms with van der Waals surface area (Å²) in [4.78, 5) is 0. The van der Waals surface area contributed by atoms with Crippen molar-refractivity contribution in [1.29, 1.82) is 0 Å². The Hall–Kier alpha value is 0.110. The van der Waals surface area contributed by atoms with E-state index in [1.165, 1.54) is 6.42 Å². The molecule has 0 N–H and O–H groups in total. The number of hydrogen-bond donors (Lipinski definition) is 0. The first-order valence-electron chi connectivity index (χ1n) is 3.90. The van der Waals surface area contributed by atoms with Gasteiger partial charge in [-0.3, -0.25) is 0 Å². The Morgan fingerprint density at radius 2 is 1.83 bits per heavy atom. The van der Waals surface area contributed by atoms with Crippen LogP contribution in [0.4, 0.5) is 0 Å². The number of alkyl halides is 1. The van der Waals surface area contributed by atoms with Gasteiger partial charge < -0.3 is 17.0 Å². The number of rotatable bonds is 3. The fourth-order valence-corrected chi connectivity index (χ4v) is 1.85. The summed E-state index contributed by atoms with van der Waals surface area (Å²) in [5, 5.41) is 1.03. The minimum Gasteiger partial charge on any atom is -1.00 e. The predicted molar refractivity (Wildman–Crippen MR) is 49.8 cm³/mol. The monoisotopic (exact) mass is 293 g/mol. The van der Waals surface area contributed by atoms with Crippen molar-refractivity contribution < 1.29 is 21.5 Å². The molecule has 1 atom stereocenters. The Labute approximate surface area is 92.7 Å². The molecule has 1 rings (SSSR count). The topological polar surface area (TPSA) is 3.88 Å². The van der Waals surface area contributed by atoms with Crippen LogP contribution in [0.25, 0.3) is 0 Å². The standard InChI is InChI=1S/C9H13BrN.BrH/c1-2-9(8-10)11-6-4-3-5-7-11;/h3-7,9H,2,8H2,1H3;1H/q+1;/p-1. The van der Waals surface area contributed by atoms with Gasteiger partial charge in [-0.1, -0.05) is 28.9 Å². The zero-order valence-electron chi connectivity index (χ0n) is 7.08. The maximum atomic E-state index is 3.49. The lowest BCUT2D eigenvalue weighted by Gasteiger charge is -2.04. The molecule has 0 amide bonds. The largest absolute Gasteiger partial charge is 1.00 e. The Morgan fingerprint density at radius 3 is 2.25 bits per heavy atom. The van der Waals surface area contributed by atoms with Gasteiger partial charge in [-0.25, -0.2) is 4.57 Å². The van der Waals surface area contributed by atoms with E-state index in [4.69, 9.17) is 0 Å². The van der Waals surface area contributed by atoms with E-state index in [1.807, 2.05) is 6.07 Å². The molecule has 0 aromatic carbocycles. The van der Waals surface area contributed by atoms with Gasteiger partial charge in [-0.05, 0) is 0 Å². The minimum absolute atomic E-state index is 0.